The average Bonchev–Trinajstić information content (AvgIpc) is 2.55. The summed E-state index contributed by atoms with van der Waals surface area (Å²) in [4.78, 5) is 14.8. The van der Waals surface area contributed by atoms with Crippen molar-refractivity contribution in [3.8, 4) is 0 Å². The first kappa shape index (κ1) is 12.0. The summed E-state index contributed by atoms with van der Waals surface area (Å²) >= 11 is 3.41. The van der Waals surface area contributed by atoms with Crippen molar-refractivity contribution in [3.63, 3.8) is 0 Å². The number of hydrogen-bond donors (Lipinski definition) is 2. The molecule has 0 radical (unpaired) electrons. The second kappa shape index (κ2) is 4.41. The number of halogens is 1. The standard InChI is InChI=1S/C12H13BrN2O2/c1-3-17-12(16)9-8-5-7(13)4-6(2)10(8)15-11(9)14/h4-5,15H,3,14H2,1-2H3. The lowest BCUT2D eigenvalue weighted by atomic mass is 10.1. The van der Waals surface area contributed by atoms with Gasteiger partial charge in [-0.05, 0) is 31.5 Å². The molecule has 2 rings (SSSR count). The zero-order valence-corrected chi connectivity index (χ0v) is 11.2. The van der Waals surface area contributed by atoms with Crippen LogP contribution >= 0.6 is 15.9 Å². The maximum atomic E-state index is 11.8. The Labute approximate surface area is 107 Å². The number of esters is 1. The quantitative estimate of drug-likeness (QED) is 0.837. The topological polar surface area (TPSA) is 68.1 Å². The molecule has 4 nitrogen and oxygen atoms in total. The lowest BCUT2D eigenvalue weighted by Crippen LogP contribution is -2.06. The largest absolute Gasteiger partial charge is 0.462 e. The van der Waals surface area contributed by atoms with Crippen molar-refractivity contribution in [2.75, 3.05) is 12.3 Å². The number of aromatic amines is 1. The Balaban J connectivity index is 2.70. The molecule has 0 aliphatic heterocycles. The molecule has 1 aromatic carbocycles. The van der Waals surface area contributed by atoms with Crippen LogP contribution in [0.25, 0.3) is 10.9 Å². The number of anilines is 1. The fourth-order valence-electron chi connectivity index (χ4n) is 1.87. The van der Waals surface area contributed by atoms with E-state index in [0.29, 0.717) is 18.0 Å². The van der Waals surface area contributed by atoms with Crippen LogP contribution in [0.3, 0.4) is 0 Å². The third-order valence-corrected chi connectivity index (χ3v) is 3.04. The van der Waals surface area contributed by atoms with Gasteiger partial charge in [-0.15, -0.1) is 0 Å². The summed E-state index contributed by atoms with van der Waals surface area (Å²) in [5.41, 5.74) is 8.13. The van der Waals surface area contributed by atoms with E-state index < -0.39 is 5.97 Å². The van der Waals surface area contributed by atoms with Crippen molar-refractivity contribution in [2.24, 2.45) is 0 Å². The van der Waals surface area contributed by atoms with Crippen LogP contribution in [0, 0.1) is 6.92 Å². The van der Waals surface area contributed by atoms with Crippen molar-refractivity contribution in [1.82, 2.24) is 4.98 Å². The Bertz CT molecular complexity index is 590. The molecular weight excluding hydrogens is 284 g/mol. The molecule has 17 heavy (non-hydrogen) atoms. The first-order valence-electron chi connectivity index (χ1n) is 5.29. The number of fused-ring (bicyclic) bond motifs is 1. The summed E-state index contributed by atoms with van der Waals surface area (Å²) in [6.45, 7) is 4.06. The molecule has 0 bridgehead atoms. The van der Waals surface area contributed by atoms with E-state index in [-0.39, 0.29) is 0 Å². The fourth-order valence-corrected chi connectivity index (χ4v) is 2.44. The molecule has 0 unspecified atom stereocenters. The van der Waals surface area contributed by atoms with Gasteiger partial charge in [0.1, 0.15) is 11.4 Å². The molecule has 2 aromatic rings. The van der Waals surface area contributed by atoms with Gasteiger partial charge < -0.3 is 15.5 Å². The van der Waals surface area contributed by atoms with Crippen LogP contribution in [0.5, 0.6) is 0 Å². The predicted octanol–water partition coefficient (Wildman–Crippen LogP) is 3.00. The monoisotopic (exact) mass is 296 g/mol. The van der Waals surface area contributed by atoms with E-state index in [4.69, 9.17) is 10.5 Å². The second-order valence-electron chi connectivity index (χ2n) is 3.78. The van der Waals surface area contributed by atoms with Gasteiger partial charge in [-0.3, -0.25) is 0 Å². The van der Waals surface area contributed by atoms with Crippen LogP contribution in [-0.4, -0.2) is 17.6 Å². The Morgan fingerprint density at radius 2 is 2.24 bits per heavy atom. The van der Waals surface area contributed by atoms with Crippen LogP contribution in [0.4, 0.5) is 5.82 Å². The first-order chi connectivity index (χ1) is 8.04. The number of carbonyl (C=O) groups is 1. The highest BCUT2D eigenvalue weighted by atomic mass is 79.9. The summed E-state index contributed by atoms with van der Waals surface area (Å²) in [5, 5.41) is 0.785. The Morgan fingerprint density at radius 3 is 2.88 bits per heavy atom. The molecule has 1 aromatic heterocycles. The molecule has 3 N–H and O–H groups in total. The molecule has 0 saturated carbocycles. The first-order valence-corrected chi connectivity index (χ1v) is 6.08. The molecule has 0 atom stereocenters. The number of aryl methyl sites for hydroxylation is 1. The highest BCUT2D eigenvalue weighted by Crippen LogP contribution is 2.30. The molecule has 90 valence electrons. The van der Waals surface area contributed by atoms with E-state index in [1.807, 2.05) is 19.1 Å². The van der Waals surface area contributed by atoms with Gasteiger partial charge in [0.25, 0.3) is 0 Å². The summed E-state index contributed by atoms with van der Waals surface area (Å²) in [7, 11) is 0. The number of H-pyrrole nitrogens is 1. The maximum Gasteiger partial charge on any atom is 0.342 e. The summed E-state index contributed by atoms with van der Waals surface area (Å²) in [6.07, 6.45) is 0. The minimum absolute atomic E-state index is 0.331. The second-order valence-corrected chi connectivity index (χ2v) is 4.70. The molecule has 1 heterocycles. The van der Waals surface area contributed by atoms with E-state index in [9.17, 15) is 4.79 Å². The fraction of sp³-hybridized carbons (Fsp3) is 0.250. The van der Waals surface area contributed by atoms with Gasteiger partial charge in [-0.2, -0.15) is 0 Å². The number of benzene rings is 1. The number of aromatic nitrogens is 1. The SMILES string of the molecule is CCOC(=O)c1c(N)[nH]c2c(C)cc(Br)cc12. The number of rotatable bonds is 2. The lowest BCUT2D eigenvalue weighted by Gasteiger charge is -2.02. The van der Waals surface area contributed by atoms with Gasteiger partial charge in [0.05, 0.1) is 12.1 Å². The summed E-state index contributed by atoms with van der Waals surface area (Å²) in [5.74, 6) is -0.0478. The molecule has 5 heteroatoms. The normalized spacial score (nSPS) is 10.8. The van der Waals surface area contributed by atoms with Crippen molar-refractivity contribution in [2.45, 2.75) is 13.8 Å². The summed E-state index contributed by atoms with van der Waals surface area (Å²) < 4.78 is 5.91. The van der Waals surface area contributed by atoms with Gasteiger partial charge in [0, 0.05) is 9.86 Å². The molecule has 0 saturated heterocycles. The Hall–Kier alpha value is -1.49. The molecule has 0 aliphatic carbocycles. The molecule has 0 amide bonds. The maximum absolute atomic E-state index is 11.8. The number of nitrogens with one attached hydrogen (secondary N) is 1. The van der Waals surface area contributed by atoms with E-state index in [1.165, 1.54) is 0 Å². The lowest BCUT2D eigenvalue weighted by molar-refractivity contribution is 0.0530. The minimum atomic E-state index is -0.395. The smallest absolute Gasteiger partial charge is 0.342 e. The number of nitrogen functional groups attached to an aromatic ring is 1. The van der Waals surface area contributed by atoms with Gasteiger partial charge in [0.15, 0.2) is 0 Å². The van der Waals surface area contributed by atoms with Crippen molar-refractivity contribution >= 4 is 38.6 Å². The molecule has 0 aliphatic rings. The van der Waals surface area contributed by atoms with Crippen LogP contribution in [0.15, 0.2) is 16.6 Å². The van der Waals surface area contributed by atoms with Gasteiger partial charge in [-0.25, -0.2) is 4.79 Å². The zero-order chi connectivity index (χ0) is 12.6. The van der Waals surface area contributed by atoms with Crippen LogP contribution in [0.1, 0.15) is 22.8 Å². The number of ether oxygens (including phenoxy) is 1. The minimum Gasteiger partial charge on any atom is -0.462 e. The Kier molecular flexibility index (Phi) is 3.11. The number of hydrogen-bond acceptors (Lipinski definition) is 3. The van der Waals surface area contributed by atoms with Crippen LogP contribution in [-0.2, 0) is 4.74 Å². The number of carbonyl (C=O) groups excluding carboxylic acids is 1. The Morgan fingerprint density at radius 1 is 1.53 bits per heavy atom. The zero-order valence-electron chi connectivity index (χ0n) is 9.63. The predicted molar refractivity (Wildman–Crippen MR) is 71.1 cm³/mol. The number of nitrogens with two attached hydrogens (primary N) is 1. The van der Waals surface area contributed by atoms with Crippen LogP contribution < -0.4 is 5.73 Å². The third-order valence-electron chi connectivity index (χ3n) is 2.58. The van der Waals surface area contributed by atoms with Crippen molar-refractivity contribution in [3.05, 3.63) is 27.7 Å². The van der Waals surface area contributed by atoms with Gasteiger partial charge >= 0.3 is 5.97 Å². The van der Waals surface area contributed by atoms with Crippen molar-refractivity contribution in [1.29, 1.82) is 0 Å². The van der Waals surface area contributed by atoms with E-state index in [1.54, 1.807) is 6.92 Å². The van der Waals surface area contributed by atoms with Gasteiger partial charge in [-0.1, -0.05) is 15.9 Å². The average molecular weight is 297 g/mol. The molecule has 0 spiro atoms. The van der Waals surface area contributed by atoms with Gasteiger partial charge in [0.2, 0.25) is 0 Å². The summed E-state index contributed by atoms with van der Waals surface area (Å²) in [6, 6.07) is 3.83. The highest BCUT2D eigenvalue weighted by Gasteiger charge is 2.19. The van der Waals surface area contributed by atoms with E-state index in [2.05, 4.69) is 20.9 Å². The molecular formula is C12H13BrN2O2. The third kappa shape index (κ3) is 2.02. The van der Waals surface area contributed by atoms with Crippen LogP contribution in [0.2, 0.25) is 0 Å². The van der Waals surface area contributed by atoms with E-state index >= 15 is 0 Å². The molecule has 0 fully saturated rings. The van der Waals surface area contributed by atoms with E-state index in [0.717, 1.165) is 20.9 Å². The van der Waals surface area contributed by atoms with Crippen molar-refractivity contribution < 1.29 is 9.53 Å². The highest BCUT2D eigenvalue weighted by molar-refractivity contribution is 9.10.